The lowest BCUT2D eigenvalue weighted by Gasteiger charge is -2.12. The Balaban J connectivity index is 1.54. The number of hydrogen-bond acceptors (Lipinski definition) is 4. The molecule has 26 heavy (non-hydrogen) atoms. The normalized spacial score (nSPS) is 10.4. The van der Waals surface area contributed by atoms with Crippen LogP contribution in [0.4, 0.5) is 5.69 Å². The van der Waals surface area contributed by atoms with Crippen molar-refractivity contribution in [3.8, 4) is 5.75 Å². The number of hydrogen-bond donors (Lipinski definition) is 3. The third-order valence-electron chi connectivity index (χ3n) is 3.84. The fourth-order valence-electron chi connectivity index (χ4n) is 2.53. The number of imidazole rings is 1. The molecule has 3 aromatic rings. The molecule has 3 N–H and O–H groups in total. The van der Waals surface area contributed by atoms with Crippen molar-refractivity contribution in [3.63, 3.8) is 0 Å². The maximum Gasteiger partial charge on any atom is 0.245 e. The molecule has 0 spiro atoms. The summed E-state index contributed by atoms with van der Waals surface area (Å²) in [6.07, 6.45) is 0.139. The molecule has 134 valence electrons. The number of anilines is 1. The largest absolute Gasteiger partial charge is 0.497 e. The lowest BCUT2D eigenvalue weighted by atomic mass is 10.3. The highest BCUT2D eigenvalue weighted by molar-refractivity contribution is 7.80. The van der Waals surface area contributed by atoms with Crippen molar-refractivity contribution in [1.29, 1.82) is 0 Å². The molecule has 0 atom stereocenters. The Morgan fingerprint density at radius 3 is 2.77 bits per heavy atom. The minimum Gasteiger partial charge on any atom is -0.497 e. The van der Waals surface area contributed by atoms with E-state index in [-0.39, 0.29) is 17.4 Å². The van der Waals surface area contributed by atoms with Crippen molar-refractivity contribution in [3.05, 3.63) is 54.4 Å². The first kappa shape index (κ1) is 17.7. The second-order valence-corrected chi connectivity index (χ2v) is 6.02. The minimum atomic E-state index is -0.238. The summed E-state index contributed by atoms with van der Waals surface area (Å²) >= 11 is 5.18. The van der Waals surface area contributed by atoms with Crippen LogP contribution >= 0.6 is 12.2 Å². The second-order valence-electron chi connectivity index (χ2n) is 5.61. The molecule has 0 unspecified atom stereocenters. The monoisotopic (exact) mass is 369 g/mol. The number of thiocarbonyl (C=S) groups is 1. The van der Waals surface area contributed by atoms with E-state index in [1.54, 1.807) is 13.2 Å². The number of nitrogens with zero attached hydrogens (tertiary/aromatic N) is 2. The number of methoxy groups -OCH3 is 1. The molecule has 1 amide bonds. The van der Waals surface area contributed by atoms with Gasteiger partial charge in [0.1, 0.15) is 11.6 Å². The summed E-state index contributed by atoms with van der Waals surface area (Å²) in [5.74, 6) is 1.15. The molecule has 2 aromatic carbocycles. The van der Waals surface area contributed by atoms with Crippen LogP contribution in [-0.2, 0) is 18.3 Å². The molecule has 0 bridgehead atoms. The van der Waals surface area contributed by atoms with Gasteiger partial charge in [0.15, 0.2) is 5.11 Å². The number of fused-ring (bicyclic) bond motifs is 1. The zero-order valence-corrected chi connectivity index (χ0v) is 15.3. The fraction of sp³-hybridized carbons (Fsp3) is 0.167. The molecule has 8 heteroatoms. The van der Waals surface area contributed by atoms with Crippen molar-refractivity contribution in [1.82, 2.24) is 20.4 Å². The molecule has 1 aromatic heterocycles. The van der Waals surface area contributed by atoms with E-state index in [9.17, 15) is 4.79 Å². The first-order valence-corrected chi connectivity index (χ1v) is 8.38. The number of nitrogens with one attached hydrogen (secondary N) is 3. The molecule has 0 aliphatic rings. The minimum absolute atomic E-state index is 0.139. The Labute approximate surface area is 156 Å². The van der Waals surface area contributed by atoms with Crippen molar-refractivity contribution in [2.45, 2.75) is 6.42 Å². The van der Waals surface area contributed by atoms with Crippen molar-refractivity contribution < 1.29 is 9.53 Å². The SMILES string of the molecule is COc1cccc(NC(=S)NNC(=O)Cc2nc3ccccc3n2C)c1. The number of carbonyl (C=O) groups is 1. The van der Waals surface area contributed by atoms with Crippen LogP contribution in [-0.4, -0.2) is 27.7 Å². The summed E-state index contributed by atoms with van der Waals surface area (Å²) < 4.78 is 7.06. The number of benzene rings is 2. The van der Waals surface area contributed by atoms with Crippen LogP contribution in [0.5, 0.6) is 5.75 Å². The van der Waals surface area contributed by atoms with Crippen LogP contribution in [0.3, 0.4) is 0 Å². The zero-order chi connectivity index (χ0) is 18.5. The topological polar surface area (TPSA) is 80.2 Å². The van der Waals surface area contributed by atoms with E-state index < -0.39 is 0 Å². The van der Waals surface area contributed by atoms with E-state index in [4.69, 9.17) is 17.0 Å². The van der Waals surface area contributed by atoms with Gasteiger partial charge in [0.2, 0.25) is 5.91 Å². The number of ether oxygens (including phenoxy) is 1. The molecule has 0 radical (unpaired) electrons. The Kier molecular flexibility index (Phi) is 5.33. The van der Waals surface area contributed by atoms with E-state index in [0.29, 0.717) is 11.6 Å². The predicted molar refractivity (Wildman–Crippen MR) is 105 cm³/mol. The zero-order valence-electron chi connectivity index (χ0n) is 14.4. The average molecular weight is 369 g/mol. The summed E-state index contributed by atoms with van der Waals surface area (Å²) in [4.78, 5) is 16.6. The maximum absolute atomic E-state index is 12.2. The van der Waals surface area contributed by atoms with Gasteiger partial charge in [-0.15, -0.1) is 0 Å². The molecule has 3 rings (SSSR count). The van der Waals surface area contributed by atoms with E-state index in [0.717, 1.165) is 16.7 Å². The quantitative estimate of drug-likeness (QED) is 0.483. The van der Waals surface area contributed by atoms with Gasteiger partial charge in [-0.3, -0.25) is 15.6 Å². The number of hydrazine groups is 1. The molecule has 0 aliphatic carbocycles. The molecule has 0 aliphatic heterocycles. The predicted octanol–water partition coefficient (Wildman–Crippen LogP) is 2.14. The van der Waals surface area contributed by atoms with E-state index >= 15 is 0 Å². The van der Waals surface area contributed by atoms with Gasteiger partial charge in [-0.1, -0.05) is 18.2 Å². The van der Waals surface area contributed by atoms with E-state index in [1.807, 2.05) is 54.1 Å². The molecule has 0 saturated heterocycles. The second kappa shape index (κ2) is 7.83. The maximum atomic E-state index is 12.2. The van der Waals surface area contributed by atoms with Crippen LogP contribution in [0, 0.1) is 0 Å². The number of aromatic nitrogens is 2. The number of rotatable bonds is 4. The summed E-state index contributed by atoms with van der Waals surface area (Å²) in [5.41, 5.74) is 7.86. The van der Waals surface area contributed by atoms with Gasteiger partial charge in [0.05, 0.1) is 24.6 Å². The van der Waals surface area contributed by atoms with Gasteiger partial charge in [-0.05, 0) is 36.5 Å². The summed E-state index contributed by atoms with van der Waals surface area (Å²) in [6.45, 7) is 0. The Morgan fingerprint density at radius 1 is 1.19 bits per heavy atom. The molecule has 7 nitrogen and oxygen atoms in total. The first-order valence-electron chi connectivity index (χ1n) is 7.97. The molecular weight excluding hydrogens is 350 g/mol. The lowest BCUT2D eigenvalue weighted by Crippen LogP contribution is -2.44. The Hall–Kier alpha value is -3.13. The molecular formula is C18H19N5O2S. The Morgan fingerprint density at radius 2 is 2.00 bits per heavy atom. The highest BCUT2D eigenvalue weighted by Crippen LogP contribution is 2.16. The average Bonchev–Trinajstić information content (AvgIpc) is 2.96. The Bertz CT molecular complexity index is 954. The lowest BCUT2D eigenvalue weighted by molar-refractivity contribution is -0.121. The van der Waals surface area contributed by atoms with Gasteiger partial charge < -0.3 is 14.6 Å². The summed E-state index contributed by atoms with van der Waals surface area (Å²) in [5, 5.41) is 3.25. The van der Waals surface area contributed by atoms with Gasteiger partial charge in [-0.2, -0.15) is 0 Å². The van der Waals surface area contributed by atoms with Gasteiger partial charge in [-0.25, -0.2) is 4.98 Å². The van der Waals surface area contributed by atoms with E-state index in [1.165, 1.54) is 0 Å². The third kappa shape index (κ3) is 4.09. The fourth-order valence-corrected chi connectivity index (χ4v) is 2.70. The van der Waals surface area contributed by atoms with Crippen molar-refractivity contribution in [2.75, 3.05) is 12.4 Å². The third-order valence-corrected chi connectivity index (χ3v) is 4.05. The van der Waals surface area contributed by atoms with Crippen LogP contribution in [0.25, 0.3) is 11.0 Å². The summed E-state index contributed by atoms with van der Waals surface area (Å²) in [6, 6.07) is 15.1. The number of para-hydroxylation sites is 2. The molecule has 0 fully saturated rings. The number of amides is 1. The standard InChI is InChI=1S/C18H19N5O2S/c1-23-15-9-4-3-8-14(15)20-16(23)11-17(24)21-22-18(26)19-12-6-5-7-13(10-12)25-2/h3-10H,11H2,1-2H3,(H,21,24)(H2,19,22,26). The van der Waals surface area contributed by atoms with Crippen LogP contribution < -0.4 is 20.9 Å². The summed E-state index contributed by atoms with van der Waals surface area (Å²) in [7, 11) is 3.48. The number of carbonyl (C=O) groups excluding carboxylic acids is 1. The van der Waals surface area contributed by atoms with Crippen LogP contribution in [0.15, 0.2) is 48.5 Å². The van der Waals surface area contributed by atoms with Crippen LogP contribution in [0.1, 0.15) is 5.82 Å². The van der Waals surface area contributed by atoms with Gasteiger partial charge >= 0.3 is 0 Å². The smallest absolute Gasteiger partial charge is 0.245 e. The number of aryl methyl sites for hydroxylation is 1. The van der Waals surface area contributed by atoms with Crippen LogP contribution in [0.2, 0.25) is 0 Å². The van der Waals surface area contributed by atoms with Gasteiger partial charge in [0.25, 0.3) is 0 Å². The van der Waals surface area contributed by atoms with E-state index in [2.05, 4.69) is 21.2 Å². The molecule has 1 heterocycles. The molecule has 0 saturated carbocycles. The highest BCUT2D eigenvalue weighted by Gasteiger charge is 2.11. The van der Waals surface area contributed by atoms with Crippen molar-refractivity contribution >= 4 is 40.0 Å². The van der Waals surface area contributed by atoms with Crippen molar-refractivity contribution in [2.24, 2.45) is 7.05 Å². The highest BCUT2D eigenvalue weighted by atomic mass is 32.1. The first-order chi connectivity index (χ1) is 12.6. The van der Waals surface area contributed by atoms with Gasteiger partial charge in [0, 0.05) is 18.8 Å².